The van der Waals surface area contributed by atoms with Crippen LogP contribution in [0.2, 0.25) is 0 Å². The fraction of sp³-hybridized carbons (Fsp3) is 0.500. The number of aryl methyl sites for hydroxylation is 4. The second-order valence-electron chi connectivity index (χ2n) is 35.3. The van der Waals surface area contributed by atoms with Gasteiger partial charge >= 0.3 is 0 Å². The van der Waals surface area contributed by atoms with Crippen LogP contribution in [0, 0.1) is 40.9 Å². The number of aliphatic imine (C=N–C) groups is 2. The Balaban J connectivity index is 0.000000123. The van der Waals surface area contributed by atoms with Crippen LogP contribution in [-0.4, -0.2) is 93.9 Å². The molecule has 4 atom stereocenters. The van der Waals surface area contributed by atoms with Crippen molar-refractivity contribution in [1.82, 2.24) is 20.4 Å². The molecule has 7 fully saturated rings. The molecule has 1 saturated heterocycles. The minimum atomic E-state index is -1.24. The molecule has 6 spiro atoms. The standard InChI is InChI=1S/C36H40N2O2S.C30H37N3O2.C22H28N2O2S.C8H9BrO2S/c1-40-31-18-20-35(21-19-31)23-30-17-16-27(15-14-26-12-13-26)22-32(30)36(35)33(39)38(24-28-8-4-2-5-9-28)34(37-36)41-25-29-10-6-3-7-11-29;1-20-3-5-23(6-4-20)19-33-27(34)30(32-28(33)31)26-17-22(10-9-21-7-8-21)11-12-24(26)18-29(30)15-13-25(35-2)14-16-29;1-26-17-8-10-21(11-9-17)13-16-7-6-15(5-4-14-2-3-14)12-18(16)22(21)19(25)23-20(27)24-22;1-12(10)11-8-4-2-7(6-9)3-5-8/h2-11,16-17,22,26,31H,12-15,18-21,23-25H2,1H3;3-6,11-12,17,21,25H,7-10,13-16,18-19H2,1-2H3,(H2,31,32);6-7,12,14,17H,2-5,8-11,13H2,1H3,(H2,23,24,25,27);2-5H,6H2,1H3. The van der Waals surface area contributed by atoms with Crippen LogP contribution in [0.5, 0.6) is 5.75 Å². The van der Waals surface area contributed by atoms with Gasteiger partial charge in [0.15, 0.2) is 32.9 Å². The predicted molar refractivity (Wildman–Crippen MR) is 467 cm³/mol. The molecule has 6 saturated carbocycles. The van der Waals surface area contributed by atoms with E-state index in [9.17, 15) is 13.8 Å². The van der Waals surface area contributed by atoms with Gasteiger partial charge in [-0.25, -0.2) is 14.2 Å². The van der Waals surface area contributed by atoms with Crippen molar-refractivity contribution in [3.63, 3.8) is 0 Å². The minimum absolute atomic E-state index is 0.0430. The Morgan fingerprint density at radius 1 is 0.513 bits per heavy atom. The number of carbonyl (C=O) groups excluding carboxylic acids is 3. The number of thioether (sulfide) groups is 1. The van der Waals surface area contributed by atoms with Gasteiger partial charge in [0.25, 0.3) is 17.7 Å². The lowest BCUT2D eigenvalue weighted by Gasteiger charge is -2.46. The number of methoxy groups -OCH3 is 3. The van der Waals surface area contributed by atoms with Gasteiger partial charge in [0, 0.05) is 54.9 Å². The van der Waals surface area contributed by atoms with Crippen LogP contribution in [0.1, 0.15) is 213 Å². The monoisotopic (exact) mass is 1670 g/mol. The first-order valence-corrected chi connectivity index (χ1v) is 46.4. The van der Waals surface area contributed by atoms with Crippen LogP contribution in [0.15, 0.2) is 174 Å². The predicted octanol–water partition coefficient (Wildman–Crippen LogP) is 18.3. The Hall–Kier alpha value is -7.36. The van der Waals surface area contributed by atoms with Gasteiger partial charge in [-0.2, -0.15) is 0 Å². The van der Waals surface area contributed by atoms with Gasteiger partial charge < -0.3 is 34.8 Å². The molecule has 7 aromatic carbocycles. The summed E-state index contributed by atoms with van der Waals surface area (Å²) in [5.41, 5.74) is 20.8. The summed E-state index contributed by atoms with van der Waals surface area (Å²) in [5, 5.41) is 8.55. The topological polar surface area (TPSA) is 186 Å². The van der Waals surface area contributed by atoms with E-state index in [1.54, 1.807) is 43.0 Å². The maximum absolute atomic E-state index is 15.1. The summed E-state index contributed by atoms with van der Waals surface area (Å²) >= 11 is 9.20. The molecule has 4 unspecified atom stereocenters. The number of alkyl halides is 1. The summed E-state index contributed by atoms with van der Waals surface area (Å²) in [6, 6.07) is 57.5. The molecule has 4 N–H and O–H groups in total. The fourth-order valence-electron chi connectivity index (χ4n) is 21.0. The molecule has 115 heavy (non-hydrogen) atoms. The maximum Gasteiger partial charge on any atom is 0.262 e. The summed E-state index contributed by atoms with van der Waals surface area (Å²) < 4.78 is 32.7. The third-order valence-corrected chi connectivity index (χ3v) is 30.4. The molecule has 606 valence electrons. The Labute approximate surface area is 701 Å². The molecule has 0 aromatic heterocycles. The average molecular weight is 1670 g/mol. The lowest BCUT2D eigenvalue weighted by molar-refractivity contribution is -0.139. The summed E-state index contributed by atoms with van der Waals surface area (Å²) in [5.74, 6) is 4.77. The highest BCUT2D eigenvalue weighted by molar-refractivity contribution is 9.08. The number of thiocarbonyl (C=S) groups is 1. The number of nitrogens with two attached hydrogens (primary N) is 1. The van der Waals surface area contributed by atoms with Crippen LogP contribution >= 0.6 is 39.9 Å². The van der Waals surface area contributed by atoms with Gasteiger partial charge in [-0.1, -0.05) is 223 Å². The molecule has 19 heteroatoms. The smallest absolute Gasteiger partial charge is 0.262 e. The van der Waals surface area contributed by atoms with Crippen molar-refractivity contribution in [2.24, 2.45) is 49.7 Å². The Bertz CT molecular complexity index is 4780. The molecule has 0 bridgehead atoms. The zero-order valence-corrected chi connectivity index (χ0v) is 71.7. The minimum Gasteiger partial charge on any atom is -0.401 e. The molecule has 3 heterocycles. The van der Waals surface area contributed by atoms with Crippen molar-refractivity contribution < 1.29 is 37.0 Å². The number of fused-ring (bicyclic) bond motifs is 9. The highest BCUT2D eigenvalue weighted by Gasteiger charge is 2.69. The third-order valence-electron chi connectivity index (χ3n) is 28.1. The van der Waals surface area contributed by atoms with Gasteiger partial charge in [-0.05, 0) is 256 Å². The zero-order chi connectivity index (χ0) is 79.7. The van der Waals surface area contributed by atoms with E-state index in [-0.39, 0.29) is 46.2 Å². The molecule has 19 rings (SSSR count). The summed E-state index contributed by atoms with van der Waals surface area (Å²) in [4.78, 5) is 57.4. The first-order chi connectivity index (χ1) is 55.8. The normalized spacial score (nSPS) is 28.2. The van der Waals surface area contributed by atoms with Gasteiger partial charge in [0.05, 0.1) is 31.4 Å². The van der Waals surface area contributed by atoms with Gasteiger partial charge in [-0.3, -0.25) is 24.2 Å². The van der Waals surface area contributed by atoms with Gasteiger partial charge in [0.2, 0.25) is 11.1 Å². The van der Waals surface area contributed by atoms with Crippen molar-refractivity contribution in [3.05, 3.63) is 242 Å². The van der Waals surface area contributed by atoms with E-state index >= 15 is 4.79 Å². The third kappa shape index (κ3) is 16.5. The Morgan fingerprint density at radius 3 is 1.37 bits per heavy atom. The first kappa shape index (κ1) is 81.4. The number of nitrogens with zero attached hydrogens (tertiary/aromatic N) is 4. The number of amides is 3. The summed E-state index contributed by atoms with van der Waals surface area (Å²) in [6.45, 7) is 3.09. The lowest BCUT2D eigenvalue weighted by atomic mass is 9.61. The number of hydrogen-bond donors (Lipinski definition) is 3. The molecule has 12 aliphatic rings. The molecule has 0 radical (unpaired) electrons. The number of carbonyl (C=O) groups is 3. The van der Waals surface area contributed by atoms with Gasteiger partial charge in [0.1, 0.15) is 5.75 Å². The number of guanidine groups is 1. The van der Waals surface area contributed by atoms with E-state index in [1.165, 1.54) is 125 Å². The van der Waals surface area contributed by atoms with Crippen molar-refractivity contribution in [1.29, 1.82) is 0 Å². The van der Waals surface area contributed by atoms with Crippen LogP contribution < -0.4 is 20.6 Å². The summed E-state index contributed by atoms with van der Waals surface area (Å²) in [7, 11) is 5.42. The van der Waals surface area contributed by atoms with Crippen LogP contribution in [-0.2, 0) is 119 Å². The molecule has 9 aliphatic carbocycles. The summed E-state index contributed by atoms with van der Waals surface area (Å²) in [6.07, 6.45) is 32.0. The highest BCUT2D eigenvalue weighted by atomic mass is 79.9. The molecule has 7 aromatic rings. The van der Waals surface area contributed by atoms with E-state index in [2.05, 4.69) is 167 Å². The molecule has 3 aliphatic heterocycles. The number of nitrogens with one attached hydrogen (secondary N) is 2. The highest BCUT2D eigenvalue weighted by Crippen LogP contribution is 2.65. The van der Waals surface area contributed by atoms with Crippen LogP contribution in [0.25, 0.3) is 0 Å². The second-order valence-corrected chi connectivity index (χ2v) is 38.2. The average Bonchev–Trinajstić information content (AvgIpc) is 1.54. The van der Waals surface area contributed by atoms with E-state index in [4.69, 9.17) is 46.3 Å². The maximum atomic E-state index is 15.1. The molecule has 3 amide bonds. The van der Waals surface area contributed by atoms with Crippen LogP contribution in [0.4, 0.5) is 0 Å². The largest absolute Gasteiger partial charge is 0.401 e. The van der Waals surface area contributed by atoms with E-state index in [0.29, 0.717) is 36.0 Å². The van der Waals surface area contributed by atoms with E-state index < -0.39 is 27.7 Å². The number of hydrogen-bond acceptors (Lipinski definition) is 13. The molecular weight excluding hydrogens is 1560 g/mol. The van der Waals surface area contributed by atoms with Crippen molar-refractivity contribution >= 4 is 85.0 Å². The van der Waals surface area contributed by atoms with Crippen molar-refractivity contribution in [2.75, 3.05) is 27.6 Å². The molecule has 15 nitrogen and oxygen atoms in total. The van der Waals surface area contributed by atoms with E-state index in [0.717, 1.165) is 166 Å². The van der Waals surface area contributed by atoms with E-state index in [1.807, 2.05) is 30.2 Å². The molecular formula is C96H114BrN7O8S3. The number of benzene rings is 7. The van der Waals surface area contributed by atoms with Gasteiger partial charge in [-0.15, -0.1) is 0 Å². The number of ether oxygens (including phenoxy) is 3. The van der Waals surface area contributed by atoms with Crippen LogP contribution in [0.3, 0.4) is 0 Å². The second kappa shape index (κ2) is 34.5. The SMILES string of the molecule is COC1CCC2(CC1)Cc1ccc(CCC3CC3)cc1C21N=C(N)N(Cc2ccc(C)cc2)C1=O.COC1CCC2(CC1)Cc1ccc(CCC3CC3)cc1C21N=C(SCc2ccccc2)N(Cc2ccccc2)C1=O.COC1CCC2(CC1)Cc1ccc(CCC3CC3)cc1C21NC(=S)NC1=O.CS(=O)Oc1ccc(CBr)cc1. The van der Waals surface area contributed by atoms with Crippen molar-refractivity contribution in [2.45, 2.75) is 239 Å². The number of rotatable bonds is 21. The first-order valence-electron chi connectivity index (χ1n) is 42.4. The lowest BCUT2D eigenvalue weighted by Crippen LogP contribution is -2.56. The fourth-order valence-corrected chi connectivity index (χ4v) is 23.0. The quantitative estimate of drug-likeness (QED) is 0.0457. The zero-order valence-electron chi connectivity index (χ0n) is 67.7. The van der Waals surface area contributed by atoms with Crippen molar-refractivity contribution in [3.8, 4) is 5.75 Å². The Morgan fingerprint density at radius 2 is 0.922 bits per heavy atom. The Kier molecular flexibility index (Phi) is 24.4. The number of amidine groups is 1. The number of halogens is 1.